The average molecular weight is 343 g/mol. The summed E-state index contributed by atoms with van der Waals surface area (Å²) in [6.07, 6.45) is 7.09. The number of nitrogens with zero attached hydrogens (tertiary/aromatic N) is 3. The zero-order valence-corrected chi connectivity index (χ0v) is 14.8. The van der Waals surface area contributed by atoms with Gasteiger partial charge in [0.1, 0.15) is 0 Å². The standard InChI is InChI=1S/C22H21N3O/c1-16-14-18(10-12-24-16)21-20-9-3-2-6-17(20)8-5-13-25(21)22(26)19-7-4-11-23-15-19/h2-4,6-7,9-12,14-15,21H,5,8,13H2,1H3. The van der Waals surface area contributed by atoms with E-state index in [1.54, 1.807) is 12.4 Å². The SMILES string of the molecule is Cc1cc(C2c3ccccc3CCCN2C(=O)c2cccnc2)ccn1. The van der Waals surface area contributed by atoms with Crippen LogP contribution < -0.4 is 0 Å². The highest BCUT2D eigenvalue weighted by atomic mass is 16.2. The number of hydrogen-bond donors (Lipinski definition) is 0. The number of hydrogen-bond acceptors (Lipinski definition) is 3. The minimum atomic E-state index is -0.108. The van der Waals surface area contributed by atoms with Gasteiger partial charge in [0, 0.05) is 30.8 Å². The lowest BCUT2D eigenvalue weighted by molar-refractivity contribution is 0.0709. The molecule has 0 spiro atoms. The molecule has 0 fully saturated rings. The van der Waals surface area contributed by atoms with Gasteiger partial charge in [-0.15, -0.1) is 0 Å². The summed E-state index contributed by atoms with van der Waals surface area (Å²) in [5.74, 6) is 0.0225. The molecular formula is C22H21N3O. The van der Waals surface area contributed by atoms with Crippen LogP contribution in [-0.4, -0.2) is 27.3 Å². The molecule has 4 heteroatoms. The molecule has 2 aromatic heterocycles. The third-order valence-corrected chi connectivity index (χ3v) is 4.91. The monoisotopic (exact) mass is 343 g/mol. The number of carbonyl (C=O) groups is 1. The first-order valence-electron chi connectivity index (χ1n) is 8.95. The Kier molecular flexibility index (Phi) is 4.48. The topological polar surface area (TPSA) is 46.1 Å². The quantitative estimate of drug-likeness (QED) is 0.707. The van der Waals surface area contributed by atoms with E-state index in [4.69, 9.17) is 0 Å². The van der Waals surface area contributed by atoms with Gasteiger partial charge in [0.2, 0.25) is 0 Å². The van der Waals surface area contributed by atoms with Crippen molar-refractivity contribution >= 4 is 5.91 Å². The van der Waals surface area contributed by atoms with Crippen molar-refractivity contribution in [3.8, 4) is 0 Å². The molecule has 1 aliphatic rings. The van der Waals surface area contributed by atoms with E-state index in [9.17, 15) is 4.79 Å². The van der Waals surface area contributed by atoms with Crippen LogP contribution >= 0.6 is 0 Å². The van der Waals surface area contributed by atoms with Crippen LogP contribution in [-0.2, 0) is 6.42 Å². The maximum absolute atomic E-state index is 13.3. The third kappa shape index (κ3) is 3.10. The predicted octanol–water partition coefficient (Wildman–Crippen LogP) is 3.96. The molecule has 3 heterocycles. The van der Waals surface area contributed by atoms with Crippen LogP contribution in [0.15, 0.2) is 67.1 Å². The Labute approximate surface area is 153 Å². The van der Waals surface area contributed by atoms with E-state index in [1.165, 1.54) is 11.1 Å². The first-order chi connectivity index (χ1) is 12.7. The van der Waals surface area contributed by atoms with Gasteiger partial charge in [-0.2, -0.15) is 0 Å². The fourth-order valence-electron chi connectivity index (χ4n) is 3.74. The fourth-order valence-corrected chi connectivity index (χ4v) is 3.74. The normalized spacial score (nSPS) is 16.7. The van der Waals surface area contributed by atoms with Gasteiger partial charge in [0.05, 0.1) is 11.6 Å². The molecule has 0 saturated heterocycles. The maximum Gasteiger partial charge on any atom is 0.256 e. The van der Waals surface area contributed by atoms with Gasteiger partial charge in [-0.05, 0) is 60.7 Å². The Morgan fingerprint density at radius 3 is 2.81 bits per heavy atom. The van der Waals surface area contributed by atoms with Crippen LogP contribution in [0.4, 0.5) is 0 Å². The van der Waals surface area contributed by atoms with Crippen LogP contribution in [0.2, 0.25) is 0 Å². The molecule has 1 aliphatic heterocycles. The summed E-state index contributed by atoms with van der Waals surface area (Å²) in [4.78, 5) is 23.7. The first kappa shape index (κ1) is 16.5. The summed E-state index contributed by atoms with van der Waals surface area (Å²) in [7, 11) is 0. The Hall–Kier alpha value is -3.01. The molecule has 0 aliphatic carbocycles. The molecular weight excluding hydrogens is 322 g/mol. The third-order valence-electron chi connectivity index (χ3n) is 4.91. The Balaban J connectivity index is 1.85. The number of rotatable bonds is 2. The molecule has 1 aromatic carbocycles. The lowest BCUT2D eigenvalue weighted by atomic mass is 9.93. The molecule has 0 radical (unpaired) electrons. The van der Waals surface area contributed by atoms with E-state index in [2.05, 4.69) is 40.3 Å². The number of amides is 1. The van der Waals surface area contributed by atoms with E-state index >= 15 is 0 Å². The Morgan fingerprint density at radius 2 is 2.00 bits per heavy atom. The van der Waals surface area contributed by atoms with E-state index in [1.807, 2.05) is 36.2 Å². The first-order valence-corrected chi connectivity index (χ1v) is 8.95. The highest BCUT2D eigenvalue weighted by Gasteiger charge is 2.31. The van der Waals surface area contributed by atoms with Crippen molar-refractivity contribution in [1.29, 1.82) is 0 Å². The molecule has 0 bridgehead atoms. The van der Waals surface area contributed by atoms with Gasteiger partial charge in [0.15, 0.2) is 0 Å². The number of aryl methyl sites for hydroxylation is 2. The Morgan fingerprint density at radius 1 is 1.12 bits per heavy atom. The van der Waals surface area contributed by atoms with E-state index < -0.39 is 0 Å². The van der Waals surface area contributed by atoms with Crippen LogP contribution in [0.25, 0.3) is 0 Å². The van der Waals surface area contributed by atoms with Crippen LogP contribution in [0.3, 0.4) is 0 Å². The summed E-state index contributed by atoms with van der Waals surface area (Å²) < 4.78 is 0. The zero-order chi connectivity index (χ0) is 17.9. The average Bonchev–Trinajstić information content (AvgIpc) is 2.87. The van der Waals surface area contributed by atoms with Gasteiger partial charge in [-0.1, -0.05) is 24.3 Å². The summed E-state index contributed by atoms with van der Waals surface area (Å²) >= 11 is 0. The van der Waals surface area contributed by atoms with Gasteiger partial charge in [-0.3, -0.25) is 14.8 Å². The molecule has 0 N–H and O–H groups in total. The molecule has 3 aromatic rings. The van der Waals surface area contributed by atoms with Crippen molar-refractivity contribution in [3.05, 3.63) is 95.1 Å². The second-order valence-corrected chi connectivity index (χ2v) is 6.68. The second kappa shape index (κ2) is 7.08. The fraction of sp³-hybridized carbons (Fsp3) is 0.227. The van der Waals surface area contributed by atoms with E-state index in [-0.39, 0.29) is 11.9 Å². The highest BCUT2D eigenvalue weighted by molar-refractivity contribution is 5.94. The summed E-state index contributed by atoms with van der Waals surface area (Å²) in [6.45, 7) is 2.70. The molecule has 1 atom stereocenters. The van der Waals surface area contributed by atoms with Crippen molar-refractivity contribution in [3.63, 3.8) is 0 Å². The molecule has 1 amide bonds. The lowest BCUT2D eigenvalue weighted by Gasteiger charge is -2.32. The summed E-state index contributed by atoms with van der Waals surface area (Å²) in [5.41, 5.74) is 5.20. The van der Waals surface area contributed by atoms with Crippen LogP contribution in [0, 0.1) is 6.92 Å². The van der Waals surface area contributed by atoms with Crippen molar-refractivity contribution in [2.75, 3.05) is 6.54 Å². The second-order valence-electron chi connectivity index (χ2n) is 6.68. The number of fused-ring (bicyclic) bond motifs is 1. The van der Waals surface area contributed by atoms with Gasteiger partial charge in [-0.25, -0.2) is 0 Å². The van der Waals surface area contributed by atoms with Crippen molar-refractivity contribution in [2.24, 2.45) is 0 Å². The van der Waals surface area contributed by atoms with Crippen molar-refractivity contribution in [1.82, 2.24) is 14.9 Å². The summed E-state index contributed by atoms with van der Waals surface area (Å²) in [5, 5.41) is 0. The minimum Gasteiger partial charge on any atom is -0.327 e. The molecule has 4 rings (SSSR count). The van der Waals surface area contributed by atoms with Crippen LogP contribution in [0.1, 0.15) is 45.2 Å². The summed E-state index contributed by atoms with van der Waals surface area (Å²) in [6, 6.07) is 16.1. The molecule has 130 valence electrons. The molecule has 0 saturated carbocycles. The maximum atomic E-state index is 13.3. The van der Waals surface area contributed by atoms with Gasteiger partial charge in [0.25, 0.3) is 5.91 Å². The lowest BCUT2D eigenvalue weighted by Crippen LogP contribution is -2.35. The van der Waals surface area contributed by atoms with Crippen molar-refractivity contribution < 1.29 is 4.79 Å². The number of benzene rings is 1. The largest absolute Gasteiger partial charge is 0.327 e. The number of aromatic nitrogens is 2. The van der Waals surface area contributed by atoms with E-state index in [0.717, 1.165) is 24.1 Å². The van der Waals surface area contributed by atoms with Crippen LogP contribution in [0.5, 0.6) is 0 Å². The van der Waals surface area contributed by atoms with E-state index in [0.29, 0.717) is 12.1 Å². The molecule has 4 nitrogen and oxygen atoms in total. The molecule has 26 heavy (non-hydrogen) atoms. The van der Waals surface area contributed by atoms with Crippen molar-refractivity contribution in [2.45, 2.75) is 25.8 Å². The van der Waals surface area contributed by atoms with Gasteiger partial charge >= 0.3 is 0 Å². The Bertz CT molecular complexity index is 923. The molecule has 1 unspecified atom stereocenters. The zero-order valence-electron chi connectivity index (χ0n) is 14.8. The predicted molar refractivity (Wildman–Crippen MR) is 101 cm³/mol. The smallest absolute Gasteiger partial charge is 0.256 e. The number of pyridine rings is 2. The number of carbonyl (C=O) groups excluding carboxylic acids is 1. The minimum absolute atomic E-state index is 0.0225. The van der Waals surface area contributed by atoms with Gasteiger partial charge < -0.3 is 4.90 Å². The highest BCUT2D eigenvalue weighted by Crippen LogP contribution is 2.35.